The zero-order valence-corrected chi connectivity index (χ0v) is 19.6. The second-order valence-corrected chi connectivity index (χ2v) is 9.51. The van der Waals surface area contributed by atoms with E-state index in [1.807, 2.05) is 12.2 Å². The number of nitrogens with zero attached hydrogens (tertiary/aromatic N) is 2. The highest BCUT2D eigenvalue weighted by Gasteiger charge is 2.20. The van der Waals surface area contributed by atoms with Crippen molar-refractivity contribution in [2.45, 2.75) is 18.2 Å². The molecular weight excluding hydrogens is 636 g/mol. The lowest BCUT2D eigenvalue weighted by molar-refractivity contribution is 0.618. The summed E-state index contributed by atoms with van der Waals surface area (Å²) in [7, 11) is 0. The van der Waals surface area contributed by atoms with Gasteiger partial charge in [-0.1, -0.05) is 53.3 Å². The van der Waals surface area contributed by atoms with Crippen LogP contribution >= 0.6 is 70.9 Å². The number of nitrogens with two attached hydrogens (primary N) is 2. The summed E-state index contributed by atoms with van der Waals surface area (Å²) >= 11 is 11.3. The van der Waals surface area contributed by atoms with Crippen LogP contribution in [-0.2, 0) is 6.42 Å². The Balaban J connectivity index is 2.55. The monoisotopic (exact) mass is 650 g/mol. The molecule has 0 radical (unpaired) electrons. The molecule has 1 aromatic rings. The van der Waals surface area contributed by atoms with Gasteiger partial charge >= 0.3 is 0 Å². The van der Waals surface area contributed by atoms with Gasteiger partial charge in [-0.05, 0) is 46.7 Å². The molecule has 0 heterocycles. The largest absolute Gasteiger partial charge is 0.369 e. The minimum Gasteiger partial charge on any atom is -0.369 e. The summed E-state index contributed by atoms with van der Waals surface area (Å²) in [6.45, 7) is 0. The SMILES string of the molecule is C=Ic1c(F)ccc(I)c1C/C(=N/N=C(N)N)C1=CC(Cl)CC=C1Br. The Morgan fingerprint density at radius 3 is 2.80 bits per heavy atom. The summed E-state index contributed by atoms with van der Waals surface area (Å²) in [5.41, 5.74) is 13.1. The number of halogens is 5. The standard InChI is InChI=1S/C16H15BrClFI2N4/c1-21-15-10(13(20)5-4-12(15)19)7-14(24-25-16(22)23)9-6-8(18)2-3-11(9)17/h3-6,8H,1-2,7H2,(H4,22,23,25)/b24-14-. The van der Waals surface area contributed by atoms with Crippen molar-refractivity contribution in [3.63, 3.8) is 0 Å². The maximum Gasteiger partial charge on any atom is 0.211 e. The molecule has 2 rings (SSSR count). The second kappa shape index (κ2) is 9.56. The van der Waals surface area contributed by atoms with Gasteiger partial charge in [-0.15, -0.1) is 16.7 Å². The summed E-state index contributed by atoms with van der Waals surface area (Å²) in [4.78, 5) is 0. The minimum absolute atomic E-state index is 0.143. The van der Waals surface area contributed by atoms with Crippen LogP contribution in [0.1, 0.15) is 12.0 Å². The Bertz CT molecular complexity index is 817. The van der Waals surface area contributed by atoms with E-state index in [1.165, 1.54) is 6.07 Å². The van der Waals surface area contributed by atoms with Gasteiger partial charge in [0.1, 0.15) is 5.82 Å². The Morgan fingerprint density at radius 1 is 1.44 bits per heavy atom. The predicted molar refractivity (Wildman–Crippen MR) is 125 cm³/mol. The molecule has 9 heteroatoms. The first-order valence-corrected chi connectivity index (χ1v) is 12.0. The lowest BCUT2D eigenvalue weighted by Gasteiger charge is -2.18. The smallest absolute Gasteiger partial charge is 0.211 e. The molecule has 0 spiro atoms. The van der Waals surface area contributed by atoms with E-state index in [4.69, 9.17) is 23.1 Å². The molecule has 0 aliphatic heterocycles. The molecule has 0 aromatic heterocycles. The maximum absolute atomic E-state index is 14.2. The number of benzene rings is 1. The van der Waals surface area contributed by atoms with E-state index in [2.05, 4.69) is 53.2 Å². The lowest BCUT2D eigenvalue weighted by atomic mass is 9.97. The molecule has 4 nitrogen and oxygen atoms in total. The summed E-state index contributed by atoms with van der Waals surface area (Å²) in [5, 5.41) is 7.84. The van der Waals surface area contributed by atoms with E-state index >= 15 is 0 Å². The van der Waals surface area contributed by atoms with Crippen molar-refractivity contribution in [3.05, 3.63) is 52.9 Å². The van der Waals surface area contributed by atoms with Gasteiger partial charge in [0.15, 0.2) is 0 Å². The second-order valence-electron chi connectivity index (χ2n) is 5.09. The molecule has 4 N–H and O–H groups in total. The fourth-order valence-corrected chi connectivity index (χ4v) is 5.64. The molecule has 1 aliphatic carbocycles. The van der Waals surface area contributed by atoms with E-state index in [9.17, 15) is 4.39 Å². The van der Waals surface area contributed by atoms with Crippen molar-refractivity contribution in [2.75, 3.05) is 0 Å². The first-order chi connectivity index (χ1) is 11.8. The van der Waals surface area contributed by atoms with E-state index in [0.717, 1.165) is 19.2 Å². The third kappa shape index (κ3) is 5.57. The van der Waals surface area contributed by atoms with Gasteiger partial charge in [-0.25, -0.2) is 4.39 Å². The van der Waals surface area contributed by atoms with Crippen LogP contribution in [0.3, 0.4) is 0 Å². The van der Waals surface area contributed by atoms with Crippen molar-refractivity contribution in [1.82, 2.24) is 0 Å². The Kier molecular flexibility index (Phi) is 8.02. The van der Waals surface area contributed by atoms with Gasteiger partial charge in [0.05, 0.1) is 11.1 Å². The molecule has 0 amide bonds. The summed E-state index contributed by atoms with van der Waals surface area (Å²) < 4.78 is 20.6. The summed E-state index contributed by atoms with van der Waals surface area (Å²) in [6.07, 6.45) is 4.98. The van der Waals surface area contributed by atoms with Crippen molar-refractivity contribution >= 4 is 87.0 Å². The summed E-state index contributed by atoms with van der Waals surface area (Å²) in [5.74, 6) is -0.378. The Labute approximate surface area is 182 Å². The number of hydrogen-bond donors (Lipinski definition) is 2. The van der Waals surface area contributed by atoms with E-state index in [1.54, 1.807) is 6.07 Å². The summed E-state index contributed by atoms with van der Waals surface area (Å²) in [6, 6.07) is 3.22. The molecule has 1 unspecified atom stereocenters. The zero-order valence-electron chi connectivity index (χ0n) is 12.9. The number of hydrogen-bond acceptors (Lipinski definition) is 2. The van der Waals surface area contributed by atoms with Crippen molar-refractivity contribution < 1.29 is 4.39 Å². The third-order valence-corrected chi connectivity index (χ3v) is 7.34. The van der Waals surface area contributed by atoms with Crippen LogP contribution in [0.15, 0.2) is 44.5 Å². The van der Waals surface area contributed by atoms with Crippen LogP contribution < -0.4 is 11.5 Å². The molecule has 0 saturated carbocycles. The number of allylic oxidation sites excluding steroid dienone is 4. The fourth-order valence-electron chi connectivity index (χ4n) is 2.23. The molecule has 1 aliphatic rings. The first kappa shape index (κ1) is 21.0. The minimum atomic E-state index is -0.686. The van der Waals surface area contributed by atoms with Crippen LogP contribution in [0.2, 0.25) is 0 Å². The van der Waals surface area contributed by atoms with Crippen LogP contribution in [0.4, 0.5) is 4.39 Å². The highest BCUT2D eigenvalue weighted by molar-refractivity contribution is 14.2. The quantitative estimate of drug-likeness (QED) is 0.124. The number of alkyl halides is 1. The van der Waals surface area contributed by atoms with Crippen molar-refractivity contribution in [1.29, 1.82) is 0 Å². The number of guanidine groups is 1. The molecular formula is C16H15BrClFI2N4. The van der Waals surface area contributed by atoms with Gasteiger partial charge in [-0.2, -0.15) is 5.10 Å². The van der Waals surface area contributed by atoms with Gasteiger partial charge in [-0.3, -0.25) is 0 Å². The van der Waals surface area contributed by atoms with Crippen molar-refractivity contribution in [3.8, 4) is 0 Å². The molecule has 0 saturated heterocycles. The van der Waals surface area contributed by atoms with Crippen LogP contribution in [-0.4, -0.2) is 21.6 Å². The third-order valence-electron chi connectivity index (χ3n) is 3.34. The van der Waals surface area contributed by atoms with Crippen LogP contribution in [0, 0.1) is 13.0 Å². The number of rotatable bonds is 5. The first-order valence-electron chi connectivity index (χ1n) is 7.06. The van der Waals surface area contributed by atoms with E-state index in [0.29, 0.717) is 22.1 Å². The van der Waals surface area contributed by atoms with Crippen LogP contribution in [0.25, 0.3) is 0 Å². The molecule has 1 atom stereocenters. The van der Waals surface area contributed by atoms with Gasteiger partial charge in [0, 0.05) is 23.6 Å². The average molecular weight is 651 g/mol. The van der Waals surface area contributed by atoms with Gasteiger partial charge in [0.25, 0.3) is 0 Å². The predicted octanol–water partition coefficient (Wildman–Crippen LogP) is 4.39. The van der Waals surface area contributed by atoms with E-state index in [-0.39, 0.29) is 17.2 Å². The van der Waals surface area contributed by atoms with Crippen LogP contribution in [0.5, 0.6) is 0 Å². The highest BCUT2D eigenvalue weighted by Crippen LogP contribution is 2.31. The van der Waals surface area contributed by atoms with Gasteiger partial charge in [0.2, 0.25) is 5.96 Å². The van der Waals surface area contributed by atoms with Crippen molar-refractivity contribution in [2.24, 2.45) is 21.7 Å². The Morgan fingerprint density at radius 2 is 2.16 bits per heavy atom. The normalized spacial score (nSPS) is 17.8. The molecule has 0 bridgehead atoms. The van der Waals surface area contributed by atoms with E-state index < -0.39 is 20.7 Å². The average Bonchev–Trinajstić information content (AvgIpc) is 2.56. The zero-order chi connectivity index (χ0) is 18.6. The maximum atomic E-state index is 14.2. The molecule has 1 aromatic carbocycles. The fraction of sp³-hybridized carbons (Fsp3) is 0.188. The van der Waals surface area contributed by atoms with Gasteiger partial charge < -0.3 is 11.5 Å². The molecule has 25 heavy (non-hydrogen) atoms. The topological polar surface area (TPSA) is 76.8 Å². The lowest BCUT2D eigenvalue weighted by Crippen LogP contribution is -2.22. The molecule has 134 valence electrons. The molecule has 0 fully saturated rings. The Hall–Kier alpha value is -0.330. The highest BCUT2D eigenvalue weighted by atomic mass is 127.